The molecule has 0 atom stereocenters. The maximum absolute atomic E-state index is 6.43. The van der Waals surface area contributed by atoms with Crippen molar-refractivity contribution in [1.82, 2.24) is 4.98 Å². The lowest BCUT2D eigenvalue weighted by Crippen LogP contribution is -2.14. The van der Waals surface area contributed by atoms with Gasteiger partial charge in [-0.05, 0) is 131 Å². The van der Waals surface area contributed by atoms with Crippen molar-refractivity contribution in [2.75, 3.05) is 0 Å². The van der Waals surface area contributed by atoms with Crippen molar-refractivity contribution >= 4 is 27.6 Å². The average Bonchev–Trinajstić information content (AvgIpc) is 3.79. The number of aryl methyl sites for hydroxylation is 1. The molecule has 0 saturated heterocycles. The van der Waals surface area contributed by atoms with Gasteiger partial charge < -0.3 is 4.42 Å². The van der Waals surface area contributed by atoms with Gasteiger partial charge in [0.1, 0.15) is 0 Å². The van der Waals surface area contributed by atoms with Crippen molar-refractivity contribution in [3.63, 3.8) is 0 Å². The Morgan fingerprint density at radius 1 is 0.464 bits per heavy atom. The van der Waals surface area contributed by atoms with Crippen molar-refractivity contribution in [2.24, 2.45) is 0 Å². The molecule has 0 unspecified atom stereocenters. The van der Waals surface area contributed by atoms with Crippen LogP contribution in [0, 0.1) is 0 Å². The van der Waals surface area contributed by atoms with Crippen molar-refractivity contribution in [1.29, 1.82) is 0 Å². The Hall–Kier alpha value is -6.77. The van der Waals surface area contributed by atoms with Gasteiger partial charge in [-0.2, -0.15) is 0 Å². The van der Waals surface area contributed by atoms with Gasteiger partial charge in [-0.3, -0.25) is 0 Å². The van der Waals surface area contributed by atoms with Gasteiger partial charge in [0, 0.05) is 11.0 Å². The molecule has 1 aromatic heterocycles. The highest BCUT2D eigenvalue weighted by Crippen LogP contribution is 2.53. The van der Waals surface area contributed by atoms with Crippen LogP contribution in [0.3, 0.4) is 0 Å². The summed E-state index contributed by atoms with van der Waals surface area (Å²) in [7, 11) is 0. The molecule has 2 aliphatic rings. The lowest BCUT2D eigenvalue weighted by atomic mass is 9.79. The molecule has 0 spiro atoms. The number of oxazole rings is 1. The standard InChI is InChI=1S/C54H39NO/c1-54(2)47-18-10-9-17-41(47)43-32-45-46(33-48(43)54)52(39-27-23-37(24-28-39)35-15-7-4-8-16-35)44-31-40(53-55-49-19-11-12-20-50(49)56-53)29-30-42(44)51(45)38-25-21-36(22-26-38)34-13-5-3-6-14-34/h3-10,12-18,20-33H,11,19H2,1-2H3. The zero-order chi connectivity index (χ0) is 37.4. The molecule has 0 radical (unpaired) electrons. The second-order valence-electron chi connectivity index (χ2n) is 15.8. The van der Waals surface area contributed by atoms with Gasteiger partial charge in [0.2, 0.25) is 5.89 Å². The average molecular weight is 718 g/mol. The monoisotopic (exact) mass is 717 g/mol. The van der Waals surface area contributed by atoms with Crippen LogP contribution in [0.25, 0.3) is 94.7 Å². The number of hydrogen-bond donors (Lipinski definition) is 0. The molecule has 1 heterocycles. The first kappa shape index (κ1) is 32.6. The molecule has 9 aromatic rings. The van der Waals surface area contributed by atoms with E-state index in [4.69, 9.17) is 9.40 Å². The predicted molar refractivity (Wildman–Crippen MR) is 234 cm³/mol. The normalized spacial score (nSPS) is 13.8. The van der Waals surface area contributed by atoms with Crippen molar-refractivity contribution in [3.8, 4) is 67.1 Å². The minimum absolute atomic E-state index is 0.145. The molecule has 2 nitrogen and oxygen atoms in total. The van der Waals surface area contributed by atoms with E-state index in [9.17, 15) is 0 Å². The Kier molecular flexibility index (Phi) is 7.37. The molecule has 0 fully saturated rings. The summed E-state index contributed by atoms with van der Waals surface area (Å²) in [5, 5.41) is 4.89. The number of hydrogen-bond acceptors (Lipinski definition) is 2. The second kappa shape index (κ2) is 12.6. The molecule has 8 aromatic carbocycles. The van der Waals surface area contributed by atoms with Gasteiger partial charge in [0.25, 0.3) is 0 Å². The Labute approximate surface area is 327 Å². The fourth-order valence-corrected chi connectivity index (χ4v) is 9.30. The fraction of sp³-hybridized carbons (Fsp3) is 0.0926. The lowest BCUT2D eigenvalue weighted by molar-refractivity contribution is 0.560. The summed E-state index contributed by atoms with van der Waals surface area (Å²) in [6.45, 7) is 4.75. The summed E-state index contributed by atoms with van der Waals surface area (Å²) >= 11 is 0. The number of nitrogens with zero attached hydrogens (tertiary/aromatic N) is 1. The highest BCUT2D eigenvalue weighted by atomic mass is 16.4. The van der Waals surface area contributed by atoms with E-state index in [1.54, 1.807) is 0 Å². The van der Waals surface area contributed by atoms with Crippen LogP contribution in [0.1, 0.15) is 42.8 Å². The van der Waals surface area contributed by atoms with E-state index < -0.39 is 0 Å². The maximum Gasteiger partial charge on any atom is 0.226 e. The quantitative estimate of drug-likeness (QED) is 0.166. The first-order valence-corrected chi connectivity index (χ1v) is 19.7. The maximum atomic E-state index is 6.43. The second-order valence-corrected chi connectivity index (χ2v) is 15.8. The molecule has 266 valence electrons. The number of aromatic nitrogens is 1. The van der Waals surface area contributed by atoms with Gasteiger partial charge in [-0.15, -0.1) is 0 Å². The number of rotatable bonds is 5. The molecule has 11 rings (SSSR count). The van der Waals surface area contributed by atoms with Crippen LogP contribution in [0.5, 0.6) is 0 Å². The van der Waals surface area contributed by atoms with E-state index in [1.165, 1.54) is 88.3 Å². The smallest absolute Gasteiger partial charge is 0.226 e. The Morgan fingerprint density at radius 2 is 1.00 bits per heavy atom. The van der Waals surface area contributed by atoms with Crippen molar-refractivity contribution in [3.05, 3.63) is 192 Å². The number of benzene rings is 8. The minimum atomic E-state index is -0.145. The van der Waals surface area contributed by atoms with Crippen molar-refractivity contribution < 1.29 is 4.42 Å². The molecule has 56 heavy (non-hydrogen) atoms. The Morgan fingerprint density at radius 3 is 1.66 bits per heavy atom. The summed E-state index contributed by atoms with van der Waals surface area (Å²) in [6, 6.07) is 60.3. The SMILES string of the molecule is CC1(C)c2ccccc2-c2cc3c(-c4ccc(-c5ccccc5)cc4)c4ccc(-c5nc6c(o5)C=CCC6)cc4c(-c4ccc(-c5ccccc5)cc4)c3cc21. The van der Waals surface area contributed by atoms with Crippen LogP contribution in [0.4, 0.5) is 0 Å². The topological polar surface area (TPSA) is 26.0 Å². The van der Waals surface area contributed by atoms with E-state index in [2.05, 4.69) is 190 Å². The van der Waals surface area contributed by atoms with Crippen LogP contribution in [0.15, 0.2) is 174 Å². The summed E-state index contributed by atoms with van der Waals surface area (Å²) in [5.41, 5.74) is 17.0. The molecule has 0 amide bonds. The van der Waals surface area contributed by atoms with Crippen LogP contribution < -0.4 is 0 Å². The first-order chi connectivity index (χ1) is 27.5. The van der Waals surface area contributed by atoms with Gasteiger partial charge >= 0.3 is 0 Å². The molecular formula is C54H39NO. The molecule has 0 bridgehead atoms. The number of allylic oxidation sites excluding steroid dienone is 1. The summed E-state index contributed by atoms with van der Waals surface area (Å²) in [6.07, 6.45) is 6.14. The number of fused-ring (bicyclic) bond motifs is 6. The van der Waals surface area contributed by atoms with E-state index in [-0.39, 0.29) is 5.41 Å². The molecule has 0 saturated carbocycles. The highest BCUT2D eigenvalue weighted by molar-refractivity contribution is 6.23. The van der Waals surface area contributed by atoms with E-state index in [1.807, 2.05) is 0 Å². The third-order valence-corrected chi connectivity index (χ3v) is 12.2. The summed E-state index contributed by atoms with van der Waals surface area (Å²) in [5.74, 6) is 1.55. The van der Waals surface area contributed by atoms with Crippen molar-refractivity contribution in [2.45, 2.75) is 32.1 Å². The highest BCUT2D eigenvalue weighted by Gasteiger charge is 2.36. The predicted octanol–water partition coefficient (Wildman–Crippen LogP) is 14.6. The van der Waals surface area contributed by atoms with Gasteiger partial charge in [0.15, 0.2) is 5.76 Å². The van der Waals surface area contributed by atoms with E-state index in [0.717, 1.165) is 29.9 Å². The molecule has 0 N–H and O–H groups in total. The minimum Gasteiger partial charge on any atom is -0.436 e. The largest absolute Gasteiger partial charge is 0.436 e. The molecular weight excluding hydrogens is 679 g/mol. The molecule has 0 aliphatic heterocycles. The summed E-state index contributed by atoms with van der Waals surface area (Å²) in [4.78, 5) is 5.03. The van der Waals surface area contributed by atoms with E-state index >= 15 is 0 Å². The van der Waals surface area contributed by atoms with Crippen LogP contribution in [0.2, 0.25) is 0 Å². The lowest BCUT2D eigenvalue weighted by Gasteiger charge is -2.24. The first-order valence-electron chi connectivity index (χ1n) is 19.7. The van der Waals surface area contributed by atoms with E-state index in [0.29, 0.717) is 5.89 Å². The zero-order valence-electron chi connectivity index (χ0n) is 31.5. The molecule has 2 heteroatoms. The summed E-state index contributed by atoms with van der Waals surface area (Å²) < 4.78 is 6.43. The van der Waals surface area contributed by atoms with Crippen LogP contribution in [-0.2, 0) is 11.8 Å². The Bertz CT molecular complexity index is 3000. The van der Waals surface area contributed by atoms with Gasteiger partial charge in [0.05, 0.1) is 5.69 Å². The zero-order valence-corrected chi connectivity index (χ0v) is 31.5. The van der Waals surface area contributed by atoms with Gasteiger partial charge in [-0.1, -0.05) is 159 Å². The third kappa shape index (κ3) is 5.13. The molecule has 2 aliphatic carbocycles. The Balaban J connectivity index is 1.23. The third-order valence-electron chi connectivity index (χ3n) is 12.2. The van der Waals surface area contributed by atoms with Crippen LogP contribution in [-0.4, -0.2) is 4.98 Å². The van der Waals surface area contributed by atoms with Gasteiger partial charge in [-0.25, -0.2) is 4.98 Å². The van der Waals surface area contributed by atoms with Crippen LogP contribution >= 0.6 is 0 Å². The fourth-order valence-electron chi connectivity index (χ4n) is 9.30.